The van der Waals surface area contributed by atoms with Gasteiger partial charge >= 0.3 is 0 Å². The first kappa shape index (κ1) is 23.1. The zero-order valence-electron chi connectivity index (χ0n) is 20.1. The molecule has 2 aliphatic rings. The van der Waals surface area contributed by atoms with Crippen molar-refractivity contribution in [2.45, 2.75) is 45.2 Å². The van der Waals surface area contributed by atoms with Gasteiger partial charge in [0.1, 0.15) is 12.1 Å². The minimum Gasteiger partial charge on any atom is -0.351 e. The summed E-state index contributed by atoms with van der Waals surface area (Å²) in [6.45, 7) is 4.90. The fraction of sp³-hybridized carbons (Fsp3) is 0.370. The molecule has 4 N–H and O–H groups in total. The van der Waals surface area contributed by atoms with Crippen LogP contribution < -0.4 is 10.6 Å². The van der Waals surface area contributed by atoms with Crippen molar-refractivity contribution in [1.29, 1.82) is 10.8 Å². The molecular weight excluding hydrogens is 438 g/mol. The van der Waals surface area contributed by atoms with Gasteiger partial charge < -0.3 is 26.4 Å². The number of anilines is 1. The van der Waals surface area contributed by atoms with Crippen LogP contribution in [0.3, 0.4) is 0 Å². The number of benzene rings is 2. The summed E-state index contributed by atoms with van der Waals surface area (Å²) < 4.78 is 0. The molecule has 180 valence electrons. The average Bonchev–Trinajstić information content (AvgIpc) is 2.88. The quantitative estimate of drug-likeness (QED) is 0.494. The number of nitrogens with two attached hydrogens (primary N) is 1. The van der Waals surface area contributed by atoms with Crippen molar-refractivity contribution in [3.63, 3.8) is 0 Å². The van der Waals surface area contributed by atoms with Crippen LogP contribution in [-0.2, 0) is 13.0 Å². The second kappa shape index (κ2) is 9.54. The molecule has 3 heterocycles. The van der Waals surface area contributed by atoms with E-state index in [1.807, 2.05) is 36.1 Å². The first-order valence-electron chi connectivity index (χ1n) is 12.2. The van der Waals surface area contributed by atoms with E-state index in [1.54, 1.807) is 6.33 Å². The van der Waals surface area contributed by atoms with Crippen molar-refractivity contribution in [3.8, 4) is 0 Å². The zero-order chi connectivity index (χ0) is 24.5. The molecule has 3 aromatic rings. The van der Waals surface area contributed by atoms with E-state index >= 15 is 0 Å². The summed E-state index contributed by atoms with van der Waals surface area (Å²) in [7, 11) is 0. The summed E-state index contributed by atoms with van der Waals surface area (Å²) >= 11 is 0. The van der Waals surface area contributed by atoms with Gasteiger partial charge in [-0.25, -0.2) is 9.97 Å². The third kappa shape index (κ3) is 4.53. The third-order valence-electron chi connectivity index (χ3n) is 7.15. The second-order valence-electron chi connectivity index (χ2n) is 9.56. The highest BCUT2D eigenvalue weighted by Gasteiger charge is 2.25. The molecule has 8 heteroatoms. The Morgan fingerprint density at radius 3 is 2.69 bits per heavy atom. The normalized spacial score (nSPS) is 16.3. The van der Waals surface area contributed by atoms with Crippen LogP contribution in [-0.4, -0.2) is 58.4 Å². The molecule has 1 aromatic heterocycles. The minimum absolute atomic E-state index is 0.0780. The molecule has 0 aliphatic carbocycles. The Kier molecular flexibility index (Phi) is 6.30. The van der Waals surface area contributed by atoms with Crippen LogP contribution in [0.5, 0.6) is 0 Å². The van der Waals surface area contributed by atoms with Gasteiger partial charge in [0.2, 0.25) is 0 Å². The number of aryl methyl sites for hydroxylation is 1. The maximum Gasteiger partial charge on any atom is 0.253 e. The summed E-state index contributed by atoms with van der Waals surface area (Å²) in [5, 5.41) is 16.6. The molecule has 0 bridgehead atoms. The molecule has 1 saturated heterocycles. The molecule has 8 nitrogen and oxygen atoms in total. The Morgan fingerprint density at radius 1 is 1.11 bits per heavy atom. The van der Waals surface area contributed by atoms with Crippen LogP contribution in [0.15, 0.2) is 36.7 Å². The van der Waals surface area contributed by atoms with Crippen LogP contribution in [0.2, 0.25) is 0 Å². The summed E-state index contributed by atoms with van der Waals surface area (Å²) in [6.07, 6.45) is 5.72. The molecule has 0 spiro atoms. The van der Waals surface area contributed by atoms with Gasteiger partial charge in [-0.1, -0.05) is 6.07 Å². The van der Waals surface area contributed by atoms with Gasteiger partial charge in [-0.3, -0.25) is 4.79 Å². The number of carbonyl (C=O) groups is 1. The van der Waals surface area contributed by atoms with Crippen molar-refractivity contribution < 1.29 is 4.79 Å². The van der Waals surface area contributed by atoms with Gasteiger partial charge in [0.05, 0.1) is 5.52 Å². The van der Waals surface area contributed by atoms with Crippen LogP contribution in [0, 0.1) is 17.7 Å². The van der Waals surface area contributed by atoms with Crippen molar-refractivity contribution in [2.75, 3.05) is 24.5 Å². The molecule has 2 aliphatic heterocycles. The van der Waals surface area contributed by atoms with Gasteiger partial charge in [0.25, 0.3) is 5.91 Å². The maximum atomic E-state index is 13.1. The number of rotatable bonds is 5. The van der Waals surface area contributed by atoms with Gasteiger partial charge in [0, 0.05) is 61.5 Å². The highest BCUT2D eigenvalue weighted by Crippen LogP contribution is 2.31. The van der Waals surface area contributed by atoms with E-state index in [0.717, 1.165) is 64.8 Å². The minimum atomic E-state index is 0.0780. The molecule has 35 heavy (non-hydrogen) atoms. The van der Waals surface area contributed by atoms with Gasteiger partial charge in [-0.05, 0) is 72.7 Å². The summed E-state index contributed by atoms with van der Waals surface area (Å²) in [5.74, 6) is 0.921. The topological polar surface area (TPSA) is 123 Å². The number of piperidine rings is 1. The largest absolute Gasteiger partial charge is 0.351 e. The van der Waals surface area contributed by atoms with E-state index in [-0.39, 0.29) is 11.9 Å². The predicted molar refractivity (Wildman–Crippen MR) is 139 cm³/mol. The van der Waals surface area contributed by atoms with E-state index in [0.29, 0.717) is 31.8 Å². The van der Waals surface area contributed by atoms with Gasteiger partial charge in [-0.15, -0.1) is 0 Å². The number of hydrogen-bond acceptors (Lipinski definition) is 7. The number of carbonyl (C=O) groups excluding carboxylic acids is 1. The molecule has 1 fully saturated rings. The highest BCUT2D eigenvalue weighted by atomic mass is 16.2. The number of nitrogens with zero attached hydrogens (tertiary/aromatic N) is 4. The molecule has 0 atom stereocenters. The number of nitrogens with one attached hydrogen (secondary N) is 2. The number of hydrogen-bond donors (Lipinski definition) is 3. The lowest BCUT2D eigenvalue weighted by molar-refractivity contribution is 0.0714. The number of likely N-dealkylation sites (tertiary alicyclic amines) is 1. The van der Waals surface area contributed by atoms with E-state index in [4.69, 9.17) is 16.6 Å². The zero-order valence-corrected chi connectivity index (χ0v) is 20.1. The molecule has 0 radical (unpaired) electrons. The van der Waals surface area contributed by atoms with Crippen molar-refractivity contribution in [2.24, 2.45) is 5.73 Å². The average molecular weight is 470 g/mol. The molecular formula is C27H31N7O. The van der Waals surface area contributed by atoms with Gasteiger partial charge in [-0.2, -0.15) is 0 Å². The number of aromatic nitrogens is 2. The smallest absolute Gasteiger partial charge is 0.253 e. The van der Waals surface area contributed by atoms with Crippen LogP contribution in [0.4, 0.5) is 5.82 Å². The van der Waals surface area contributed by atoms with E-state index in [1.165, 1.54) is 11.8 Å². The molecule has 1 amide bonds. The first-order chi connectivity index (χ1) is 16.9. The first-order valence-corrected chi connectivity index (χ1v) is 12.2. The highest BCUT2D eigenvalue weighted by molar-refractivity contribution is 6.08. The standard InChI is InChI=1S/C27H31N7O/c1-17-12-20(24(30)4-8-28)14-23-25(17)31-16-32-26(23)34-9-5-18-2-3-19(13-21(18)15-34)27(35)33-10-6-22(29)7-11-33/h2-3,8,12-14,16,22,28,30H,4-7,9-11,15,29H2,1H3. The third-order valence-corrected chi connectivity index (χ3v) is 7.15. The second-order valence-corrected chi connectivity index (χ2v) is 9.56. The lowest BCUT2D eigenvalue weighted by Gasteiger charge is -2.32. The fourth-order valence-electron chi connectivity index (χ4n) is 5.13. The number of amides is 1. The Bertz CT molecular complexity index is 1310. The predicted octanol–water partition coefficient (Wildman–Crippen LogP) is 3.47. The molecule has 2 aromatic carbocycles. The van der Waals surface area contributed by atoms with Crippen LogP contribution in [0.1, 0.15) is 51.9 Å². The van der Waals surface area contributed by atoms with Crippen molar-refractivity contribution >= 4 is 34.6 Å². The van der Waals surface area contributed by atoms with Crippen LogP contribution in [0.25, 0.3) is 10.9 Å². The monoisotopic (exact) mass is 469 g/mol. The van der Waals surface area contributed by atoms with Crippen LogP contribution >= 0.6 is 0 Å². The Labute approximate surface area is 205 Å². The van der Waals surface area contributed by atoms with Gasteiger partial charge in [0.15, 0.2) is 0 Å². The van der Waals surface area contributed by atoms with E-state index in [2.05, 4.69) is 20.9 Å². The summed E-state index contributed by atoms with van der Waals surface area (Å²) in [4.78, 5) is 26.4. The lowest BCUT2D eigenvalue weighted by atomic mass is 9.95. The SMILES string of the molecule is Cc1cc(C(=N)CC=N)cc2c(N3CCc4ccc(C(=O)N5CCC(N)CC5)cc4C3)ncnc12. The summed E-state index contributed by atoms with van der Waals surface area (Å²) in [5.41, 5.74) is 12.2. The Balaban J connectivity index is 1.45. The molecule has 0 unspecified atom stereocenters. The number of fused-ring (bicyclic) bond motifs is 2. The molecule has 5 rings (SSSR count). The molecule has 0 saturated carbocycles. The van der Waals surface area contributed by atoms with Crippen molar-refractivity contribution in [1.82, 2.24) is 14.9 Å². The van der Waals surface area contributed by atoms with E-state index < -0.39 is 0 Å². The van der Waals surface area contributed by atoms with E-state index in [9.17, 15) is 4.79 Å². The maximum absolute atomic E-state index is 13.1. The Hall–Kier alpha value is -3.65. The fourth-order valence-corrected chi connectivity index (χ4v) is 5.13. The summed E-state index contributed by atoms with van der Waals surface area (Å²) in [6, 6.07) is 10.2. The van der Waals surface area contributed by atoms with Crippen molar-refractivity contribution in [3.05, 3.63) is 64.5 Å². The lowest BCUT2D eigenvalue weighted by Crippen LogP contribution is -2.43. The Morgan fingerprint density at radius 2 is 1.91 bits per heavy atom.